The van der Waals surface area contributed by atoms with Crippen LogP contribution in [0, 0.1) is 34.1 Å². The second kappa shape index (κ2) is 8.88. The average molecular weight is 403 g/mol. The molecule has 2 rings (SSSR count). The maximum atomic E-state index is 11.0. The monoisotopic (exact) mass is 402 g/mol. The van der Waals surface area contributed by atoms with Crippen LogP contribution in [0.2, 0.25) is 0 Å². The summed E-state index contributed by atoms with van der Waals surface area (Å²) in [5.41, 5.74) is 0. The second-order valence-corrected chi connectivity index (χ2v) is 6.13. The van der Waals surface area contributed by atoms with Crippen molar-refractivity contribution in [2.75, 3.05) is 12.5 Å². The van der Waals surface area contributed by atoms with Crippen LogP contribution in [0.4, 0.5) is 11.6 Å². The highest BCUT2D eigenvalue weighted by Gasteiger charge is 2.24. The molecule has 2 aromatic heterocycles. The van der Waals surface area contributed by atoms with Crippen molar-refractivity contribution in [3.8, 4) is 0 Å². The first-order chi connectivity index (χ1) is 12.7. The Morgan fingerprint density at radius 2 is 1.59 bits per heavy atom. The summed E-state index contributed by atoms with van der Waals surface area (Å²) in [6, 6.07) is 0. The summed E-state index contributed by atoms with van der Waals surface area (Å²) in [5, 5.41) is 32.2. The number of hydrogen-bond acceptors (Lipinski definition) is 8. The first-order valence-electron chi connectivity index (χ1n) is 7.93. The molecule has 148 valence electrons. The van der Waals surface area contributed by atoms with E-state index in [4.69, 9.17) is 16.3 Å². The van der Waals surface area contributed by atoms with E-state index in [9.17, 15) is 25.3 Å². The minimum Gasteiger partial charge on any atom is -0.387 e. The number of hydrogen-bond donors (Lipinski definition) is 1. The number of imidazole rings is 2. The minimum atomic E-state index is -1.05. The molecule has 0 bridgehead atoms. The summed E-state index contributed by atoms with van der Waals surface area (Å²) < 4.78 is 8.19. The number of aliphatic hydroxyl groups is 1. The van der Waals surface area contributed by atoms with E-state index >= 15 is 0 Å². The summed E-state index contributed by atoms with van der Waals surface area (Å²) in [7, 11) is 0. The summed E-state index contributed by atoms with van der Waals surface area (Å²) in [5.74, 6) is 0.442. The molecule has 2 atom stereocenters. The Hall–Kier alpha value is -2.57. The second-order valence-electron chi connectivity index (χ2n) is 5.83. The van der Waals surface area contributed by atoms with Crippen molar-refractivity contribution < 1.29 is 19.7 Å². The molecule has 0 saturated carbocycles. The smallest absolute Gasteiger partial charge is 0.342 e. The predicted molar refractivity (Wildman–Crippen MR) is 93.7 cm³/mol. The largest absolute Gasteiger partial charge is 0.387 e. The molecule has 2 aromatic rings. The number of aromatic nitrogens is 4. The van der Waals surface area contributed by atoms with Gasteiger partial charge in [0.05, 0.1) is 12.5 Å². The van der Waals surface area contributed by atoms with E-state index in [2.05, 4.69) is 9.97 Å². The SMILES string of the molecule is Cc1ncc([N+](=O)[O-])n1CC(O)COC(CCl)Cn1c([N+](=O)[O-])cnc1C. The van der Waals surface area contributed by atoms with Crippen LogP contribution in [0.5, 0.6) is 0 Å². The zero-order valence-corrected chi connectivity index (χ0v) is 15.4. The van der Waals surface area contributed by atoms with Gasteiger partial charge in [0.2, 0.25) is 0 Å². The Kier molecular flexibility index (Phi) is 6.82. The van der Waals surface area contributed by atoms with Gasteiger partial charge in [0, 0.05) is 13.8 Å². The summed E-state index contributed by atoms with van der Waals surface area (Å²) in [6.07, 6.45) is 0.593. The lowest BCUT2D eigenvalue weighted by atomic mass is 10.3. The third kappa shape index (κ3) is 4.99. The van der Waals surface area contributed by atoms with Crippen molar-refractivity contribution in [1.29, 1.82) is 0 Å². The Bertz CT molecular complexity index is 821. The number of alkyl halides is 1. The molecule has 27 heavy (non-hydrogen) atoms. The highest BCUT2D eigenvalue weighted by Crippen LogP contribution is 2.17. The standard InChI is InChI=1S/C14H19ClN6O6/c1-9-16-4-13(20(23)24)18(9)6-11(22)8-27-12(3-15)7-19-10(2)17-5-14(19)21(25)26/h4-5,11-12,22H,3,6-8H2,1-2H3. The van der Waals surface area contributed by atoms with Gasteiger partial charge in [-0.05, 0) is 9.85 Å². The molecule has 13 heteroatoms. The molecule has 0 aliphatic carbocycles. The number of nitrogens with zero attached hydrogens (tertiary/aromatic N) is 6. The summed E-state index contributed by atoms with van der Waals surface area (Å²) >= 11 is 5.87. The van der Waals surface area contributed by atoms with Gasteiger partial charge in [0.1, 0.15) is 37.7 Å². The van der Waals surface area contributed by atoms with Crippen LogP contribution >= 0.6 is 11.6 Å². The first-order valence-corrected chi connectivity index (χ1v) is 8.46. The Morgan fingerprint density at radius 3 is 2.04 bits per heavy atom. The van der Waals surface area contributed by atoms with E-state index in [1.54, 1.807) is 13.8 Å². The highest BCUT2D eigenvalue weighted by atomic mass is 35.5. The number of ether oxygens (including phenoxy) is 1. The fourth-order valence-corrected chi connectivity index (χ4v) is 2.70. The molecule has 2 heterocycles. The molecule has 0 radical (unpaired) electrons. The van der Waals surface area contributed by atoms with Gasteiger partial charge in [-0.3, -0.25) is 0 Å². The van der Waals surface area contributed by atoms with Crippen LogP contribution < -0.4 is 0 Å². The molecular formula is C14H19ClN6O6. The van der Waals surface area contributed by atoms with Gasteiger partial charge in [-0.15, -0.1) is 11.6 Å². The lowest BCUT2D eigenvalue weighted by molar-refractivity contribution is -0.392. The van der Waals surface area contributed by atoms with Crippen molar-refractivity contribution in [2.45, 2.75) is 39.1 Å². The van der Waals surface area contributed by atoms with Gasteiger partial charge in [0.15, 0.2) is 11.6 Å². The summed E-state index contributed by atoms with van der Waals surface area (Å²) in [6.45, 7) is 3.05. The maximum Gasteiger partial charge on any atom is 0.342 e. The molecule has 0 spiro atoms. The van der Waals surface area contributed by atoms with E-state index < -0.39 is 22.1 Å². The van der Waals surface area contributed by atoms with E-state index in [1.165, 1.54) is 9.13 Å². The van der Waals surface area contributed by atoms with E-state index in [-0.39, 0.29) is 37.2 Å². The molecule has 0 saturated heterocycles. The van der Waals surface area contributed by atoms with E-state index in [0.717, 1.165) is 12.4 Å². The molecule has 0 aliphatic heterocycles. The third-order valence-corrected chi connectivity index (χ3v) is 4.26. The molecule has 1 N–H and O–H groups in total. The fraction of sp³-hybridized carbons (Fsp3) is 0.571. The molecule has 12 nitrogen and oxygen atoms in total. The Labute approximate surface area is 158 Å². The lowest BCUT2D eigenvalue weighted by Crippen LogP contribution is -2.30. The zero-order chi connectivity index (χ0) is 20.1. The van der Waals surface area contributed by atoms with Crippen LogP contribution in [0.3, 0.4) is 0 Å². The topological polar surface area (TPSA) is 151 Å². The maximum absolute atomic E-state index is 11.0. The molecule has 2 unspecified atom stereocenters. The summed E-state index contributed by atoms with van der Waals surface area (Å²) in [4.78, 5) is 28.6. The van der Waals surface area contributed by atoms with Crippen molar-refractivity contribution in [3.63, 3.8) is 0 Å². The molecule has 0 aromatic carbocycles. The normalized spacial score (nSPS) is 13.5. The van der Waals surface area contributed by atoms with Crippen molar-refractivity contribution in [2.24, 2.45) is 0 Å². The third-order valence-electron chi connectivity index (χ3n) is 3.92. The molecular weight excluding hydrogens is 384 g/mol. The Balaban J connectivity index is 1.98. The van der Waals surface area contributed by atoms with Crippen LogP contribution in [-0.2, 0) is 17.8 Å². The number of aryl methyl sites for hydroxylation is 2. The van der Waals surface area contributed by atoms with E-state index in [0.29, 0.717) is 11.6 Å². The van der Waals surface area contributed by atoms with Crippen molar-refractivity contribution in [1.82, 2.24) is 19.1 Å². The fourth-order valence-electron chi connectivity index (χ4n) is 2.52. The number of nitro groups is 2. The number of rotatable bonds is 10. The quantitative estimate of drug-likeness (QED) is 0.353. The number of halogens is 1. The van der Waals surface area contributed by atoms with Gasteiger partial charge in [-0.25, -0.2) is 19.1 Å². The van der Waals surface area contributed by atoms with Gasteiger partial charge < -0.3 is 30.1 Å². The molecule has 0 fully saturated rings. The van der Waals surface area contributed by atoms with Gasteiger partial charge in [0.25, 0.3) is 0 Å². The van der Waals surface area contributed by atoms with Crippen molar-refractivity contribution in [3.05, 3.63) is 44.3 Å². The first kappa shape index (κ1) is 20.7. The van der Waals surface area contributed by atoms with Gasteiger partial charge >= 0.3 is 11.6 Å². The lowest BCUT2D eigenvalue weighted by Gasteiger charge is -2.17. The molecule has 0 aliphatic rings. The zero-order valence-electron chi connectivity index (χ0n) is 14.7. The van der Waals surface area contributed by atoms with Crippen LogP contribution in [-0.4, -0.2) is 58.8 Å². The number of aliphatic hydroxyl groups excluding tert-OH is 1. The van der Waals surface area contributed by atoms with Crippen LogP contribution in [0.25, 0.3) is 0 Å². The van der Waals surface area contributed by atoms with E-state index in [1.807, 2.05) is 0 Å². The molecule has 0 amide bonds. The van der Waals surface area contributed by atoms with Crippen LogP contribution in [0.1, 0.15) is 11.6 Å². The predicted octanol–water partition coefficient (Wildman–Crippen LogP) is 1.20. The van der Waals surface area contributed by atoms with Gasteiger partial charge in [-0.2, -0.15) is 0 Å². The minimum absolute atomic E-state index is 0.0335. The van der Waals surface area contributed by atoms with Crippen molar-refractivity contribution >= 4 is 23.2 Å². The van der Waals surface area contributed by atoms with Crippen LogP contribution in [0.15, 0.2) is 12.4 Å². The Morgan fingerprint density at radius 1 is 1.11 bits per heavy atom. The average Bonchev–Trinajstić information content (AvgIpc) is 3.15. The highest BCUT2D eigenvalue weighted by molar-refractivity contribution is 6.18. The van der Waals surface area contributed by atoms with Gasteiger partial charge in [-0.1, -0.05) is 0 Å².